The van der Waals surface area contributed by atoms with Crippen LogP contribution in [-0.2, 0) is 24.2 Å². The molecule has 4 rings (SSSR count). The molecule has 1 aliphatic carbocycles. The molecule has 1 aliphatic rings. The third-order valence-electron chi connectivity index (χ3n) is 5.97. The van der Waals surface area contributed by atoms with Gasteiger partial charge in [0, 0.05) is 6.54 Å². The SMILES string of the molecule is NCC(=O)N(Cc1ccccc1)C1c2ccccc2CCC1Cc1ccccc1. The zero-order chi connectivity index (χ0) is 20.1. The molecular weight excluding hydrogens is 356 g/mol. The van der Waals surface area contributed by atoms with Crippen molar-refractivity contribution < 1.29 is 4.79 Å². The minimum absolute atomic E-state index is 0.00798. The molecule has 148 valence electrons. The Kier molecular flexibility index (Phi) is 6.06. The van der Waals surface area contributed by atoms with E-state index in [1.54, 1.807) is 0 Å². The Morgan fingerprint density at radius 3 is 2.17 bits per heavy atom. The number of hydrogen-bond acceptors (Lipinski definition) is 2. The van der Waals surface area contributed by atoms with Gasteiger partial charge in [0.05, 0.1) is 12.6 Å². The molecule has 0 saturated heterocycles. The Hall–Kier alpha value is -2.91. The summed E-state index contributed by atoms with van der Waals surface area (Å²) in [6.07, 6.45) is 3.09. The minimum Gasteiger partial charge on any atom is -0.330 e. The molecule has 29 heavy (non-hydrogen) atoms. The summed E-state index contributed by atoms with van der Waals surface area (Å²) >= 11 is 0. The first-order valence-corrected chi connectivity index (χ1v) is 10.4. The molecule has 0 saturated carbocycles. The maximum Gasteiger partial charge on any atom is 0.237 e. The lowest BCUT2D eigenvalue weighted by molar-refractivity contribution is -0.134. The molecule has 0 bridgehead atoms. The highest BCUT2D eigenvalue weighted by Crippen LogP contribution is 2.41. The van der Waals surface area contributed by atoms with Gasteiger partial charge in [-0.25, -0.2) is 0 Å². The average Bonchev–Trinajstić information content (AvgIpc) is 2.78. The summed E-state index contributed by atoms with van der Waals surface area (Å²) in [5.41, 5.74) is 10.9. The lowest BCUT2D eigenvalue weighted by Crippen LogP contribution is -2.43. The Balaban J connectivity index is 1.73. The number of rotatable bonds is 6. The number of carbonyl (C=O) groups excluding carboxylic acids is 1. The van der Waals surface area contributed by atoms with Gasteiger partial charge in [-0.05, 0) is 47.4 Å². The molecular formula is C26H28N2O. The highest BCUT2D eigenvalue weighted by atomic mass is 16.2. The van der Waals surface area contributed by atoms with E-state index < -0.39 is 0 Å². The molecule has 3 nitrogen and oxygen atoms in total. The molecule has 0 fully saturated rings. The van der Waals surface area contributed by atoms with Crippen LogP contribution in [0.4, 0.5) is 0 Å². The van der Waals surface area contributed by atoms with Crippen molar-refractivity contribution in [3.8, 4) is 0 Å². The van der Waals surface area contributed by atoms with Crippen molar-refractivity contribution in [2.75, 3.05) is 6.54 Å². The van der Waals surface area contributed by atoms with Crippen molar-refractivity contribution >= 4 is 5.91 Å². The Morgan fingerprint density at radius 1 is 0.862 bits per heavy atom. The van der Waals surface area contributed by atoms with E-state index in [1.807, 2.05) is 23.1 Å². The van der Waals surface area contributed by atoms with Gasteiger partial charge in [-0.3, -0.25) is 4.79 Å². The zero-order valence-corrected chi connectivity index (χ0v) is 16.7. The van der Waals surface area contributed by atoms with Crippen molar-refractivity contribution in [3.63, 3.8) is 0 Å². The lowest BCUT2D eigenvalue weighted by Gasteiger charge is -2.41. The number of carbonyl (C=O) groups is 1. The number of hydrogen-bond donors (Lipinski definition) is 1. The number of fused-ring (bicyclic) bond motifs is 1. The van der Waals surface area contributed by atoms with E-state index in [2.05, 4.69) is 66.7 Å². The van der Waals surface area contributed by atoms with E-state index in [4.69, 9.17) is 5.73 Å². The third kappa shape index (κ3) is 4.41. The van der Waals surface area contributed by atoms with Crippen LogP contribution in [0.15, 0.2) is 84.9 Å². The maximum absolute atomic E-state index is 13.0. The van der Waals surface area contributed by atoms with Crippen LogP contribution in [-0.4, -0.2) is 17.4 Å². The normalized spacial score (nSPS) is 18.1. The van der Waals surface area contributed by atoms with Crippen LogP contribution in [0, 0.1) is 5.92 Å². The standard InChI is InChI=1S/C26H28N2O/c27-18-25(29)28(19-21-11-5-2-6-12-21)26-23(17-20-9-3-1-4-10-20)16-15-22-13-7-8-14-24(22)26/h1-14,23,26H,15-19,27H2. The maximum atomic E-state index is 13.0. The first kappa shape index (κ1) is 19.4. The monoisotopic (exact) mass is 384 g/mol. The third-order valence-corrected chi connectivity index (χ3v) is 5.97. The number of benzene rings is 3. The quantitative estimate of drug-likeness (QED) is 0.679. The van der Waals surface area contributed by atoms with E-state index in [1.165, 1.54) is 16.7 Å². The Morgan fingerprint density at radius 2 is 1.48 bits per heavy atom. The van der Waals surface area contributed by atoms with Crippen molar-refractivity contribution in [1.82, 2.24) is 4.90 Å². The fraction of sp³-hybridized carbons (Fsp3) is 0.269. The van der Waals surface area contributed by atoms with E-state index in [9.17, 15) is 4.79 Å². The fourth-order valence-corrected chi connectivity index (χ4v) is 4.60. The molecule has 0 aromatic heterocycles. The van der Waals surface area contributed by atoms with Gasteiger partial charge in [-0.15, -0.1) is 0 Å². The van der Waals surface area contributed by atoms with Crippen LogP contribution in [0.1, 0.15) is 34.7 Å². The molecule has 0 radical (unpaired) electrons. The van der Waals surface area contributed by atoms with Crippen LogP contribution in [0.25, 0.3) is 0 Å². The number of nitrogens with two attached hydrogens (primary N) is 1. The predicted molar refractivity (Wildman–Crippen MR) is 117 cm³/mol. The fourth-order valence-electron chi connectivity index (χ4n) is 4.60. The van der Waals surface area contributed by atoms with Crippen LogP contribution in [0.2, 0.25) is 0 Å². The Labute approximate surface area is 173 Å². The van der Waals surface area contributed by atoms with Gasteiger partial charge in [0.1, 0.15) is 0 Å². The average molecular weight is 385 g/mol. The summed E-state index contributed by atoms with van der Waals surface area (Å²) in [5, 5.41) is 0. The van der Waals surface area contributed by atoms with Gasteiger partial charge in [0.2, 0.25) is 5.91 Å². The predicted octanol–water partition coefficient (Wildman–Crippen LogP) is 4.52. The molecule has 1 amide bonds. The first-order chi connectivity index (χ1) is 14.3. The van der Waals surface area contributed by atoms with Crippen LogP contribution >= 0.6 is 0 Å². The van der Waals surface area contributed by atoms with Gasteiger partial charge in [0.25, 0.3) is 0 Å². The topological polar surface area (TPSA) is 46.3 Å². The number of nitrogens with zero attached hydrogens (tertiary/aromatic N) is 1. The van der Waals surface area contributed by atoms with Crippen LogP contribution in [0.3, 0.4) is 0 Å². The van der Waals surface area contributed by atoms with Crippen molar-refractivity contribution in [1.29, 1.82) is 0 Å². The minimum atomic E-state index is 0.00798. The van der Waals surface area contributed by atoms with Gasteiger partial charge >= 0.3 is 0 Å². The second kappa shape index (κ2) is 9.06. The molecule has 2 N–H and O–H groups in total. The largest absolute Gasteiger partial charge is 0.330 e. The Bertz CT molecular complexity index is 939. The molecule has 0 spiro atoms. The molecule has 2 unspecified atom stereocenters. The summed E-state index contributed by atoms with van der Waals surface area (Å²) < 4.78 is 0. The molecule has 2 atom stereocenters. The summed E-state index contributed by atoms with van der Waals surface area (Å²) in [5.74, 6) is 0.375. The molecule has 3 aromatic rings. The number of aryl methyl sites for hydroxylation is 1. The van der Waals surface area contributed by atoms with Crippen molar-refractivity contribution in [2.24, 2.45) is 11.7 Å². The summed E-state index contributed by atoms with van der Waals surface area (Å²) in [6, 6.07) is 29.4. The molecule has 3 aromatic carbocycles. The van der Waals surface area contributed by atoms with Gasteiger partial charge in [-0.2, -0.15) is 0 Å². The van der Waals surface area contributed by atoms with Gasteiger partial charge in [-0.1, -0.05) is 84.9 Å². The highest BCUT2D eigenvalue weighted by Gasteiger charge is 2.35. The van der Waals surface area contributed by atoms with Gasteiger partial charge < -0.3 is 10.6 Å². The van der Waals surface area contributed by atoms with E-state index in [0.717, 1.165) is 24.8 Å². The second-order valence-corrected chi connectivity index (χ2v) is 7.84. The zero-order valence-electron chi connectivity index (χ0n) is 16.7. The van der Waals surface area contributed by atoms with Crippen molar-refractivity contribution in [3.05, 3.63) is 107 Å². The molecule has 0 heterocycles. The van der Waals surface area contributed by atoms with E-state index in [-0.39, 0.29) is 18.5 Å². The highest BCUT2D eigenvalue weighted by molar-refractivity contribution is 5.78. The smallest absolute Gasteiger partial charge is 0.237 e. The van der Waals surface area contributed by atoms with E-state index >= 15 is 0 Å². The summed E-state index contributed by atoms with van der Waals surface area (Å²) in [6.45, 7) is 0.616. The lowest BCUT2D eigenvalue weighted by atomic mass is 9.76. The number of amides is 1. The first-order valence-electron chi connectivity index (χ1n) is 10.4. The summed E-state index contributed by atoms with van der Waals surface area (Å²) in [4.78, 5) is 15.0. The van der Waals surface area contributed by atoms with Gasteiger partial charge in [0.15, 0.2) is 0 Å². The molecule has 0 aliphatic heterocycles. The second-order valence-electron chi connectivity index (χ2n) is 7.84. The van der Waals surface area contributed by atoms with Crippen molar-refractivity contribution in [2.45, 2.75) is 31.8 Å². The summed E-state index contributed by atoms with van der Waals surface area (Å²) in [7, 11) is 0. The molecule has 3 heteroatoms. The van der Waals surface area contributed by atoms with E-state index in [0.29, 0.717) is 12.5 Å². The van der Waals surface area contributed by atoms with Crippen LogP contribution in [0.5, 0.6) is 0 Å². The van der Waals surface area contributed by atoms with Crippen LogP contribution < -0.4 is 5.73 Å².